The molecule has 0 unspecified atom stereocenters. The summed E-state index contributed by atoms with van der Waals surface area (Å²) in [6.45, 7) is 0. The maximum Gasteiger partial charge on any atom is 0.162 e. The third-order valence-corrected chi connectivity index (χ3v) is 9.02. The summed E-state index contributed by atoms with van der Waals surface area (Å²) >= 11 is 0. The van der Waals surface area contributed by atoms with Gasteiger partial charge >= 0.3 is 0 Å². The number of benzene rings is 7. The van der Waals surface area contributed by atoms with Crippen LogP contribution in [0.5, 0.6) is 0 Å². The molecule has 2 aromatic heterocycles. The highest BCUT2D eigenvalue weighted by atomic mass is 15.1. The minimum absolute atomic E-state index is 0.704. The number of hydrogen-bond donors (Lipinski definition) is 0. The normalized spacial score (nSPS) is 11.4. The molecule has 47 heavy (non-hydrogen) atoms. The molecule has 9 aromatic rings. The molecule has 220 valence electrons. The van der Waals surface area contributed by atoms with Gasteiger partial charge in [-0.1, -0.05) is 152 Å². The number of hydrogen-bond acceptors (Lipinski definition) is 2. The second-order valence-corrected chi connectivity index (χ2v) is 11.9. The molecule has 0 saturated heterocycles. The minimum Gasteiger partial charge on any atom is -0.294 e. The molecule has 0 amide bonds. The summed E-state index contributed by atoms with van der Waals surface area (Å²) in [6, 6.07) is 62.0. The van der Waals surface area contributed by atoms with Crippen molar-refractivity contribution in [3.63, 3.8) is 0 Å². The Balaban J connectivity index is 1.26. The number of para-hydroxylation sites is 1. The maximum atomic E-state index is 5.20. The molecule has 0 saturated carbocycles. The van der Waals surface area contributed by atoms with Crippen molar-refractivity contribution < 1.29 is 0 Å². The number of nitrogens with zero attached hydrogens (tertiary/aromatic N) is 3. The molecule has 0 radical (unpaired) electrons. The first-order chi connectivity index (χ1) is 23.3. The summed E-state index contributed by atoms with van der Waals surface area (Å²) in [7, 11) is 0. The molecule has 3 heteroatoms. The molecule has 0 aliphatic rings. The lowest BCUT2D eigenvalue weighted by atomic mass is 9.96. The average Bonchev–Trinajstić information content (AvgIpc) is 3.50. The molecule has 9 rings (SSSR count). The van der Waals surface area contributed by atoms with Crippen molar-refractivity contribution in [2.45, 2.75) is 0 Å². The van der Waals surface area contributed by atoms with Gasteiger partial charge in [-0.05, 0) is 51.2 Å². The summed E-state index contributed by atoms with van der Waals surface area (Å²) in [4.78, 5) is 10.2. The zero-order valence-corrected chi connectivity index (χ0v) is 25.6. The van der Waals surface area contributed by atoms with Gasteiger partial charge < -0.3 is 0 Å². The third kappa shape index (κ3) is 4.77. The molecule has 0 aliphatic carbocycles. The van der Waals surface area contributed by atoms with E-state index in [2.05, 4.69) is 156 Å². The summed E-state index contributed by atoms with van der Waals surface area (Å²) in [5.41, 5.74) is 10.0. The number of rotatable bonds is 5. The third-order valence-electron chi connectivity index (χ3n) is 9.02. The van der Waals surface area contributed by atoms with E-state index in [1.807, 2.05) is 24.3 Å². The van der Waals surface area contributed by atoms with Gasteiger partial charge in [0.1, 0.15) is 5.82 Å². The average molecular weight is 600 g/mol. The topological polar surface area (TPSA) is 30.7 Å². The first-order valence-corrected chi connectivity index (χ1v) is 15.9. The molecule has 0 spiro atoms. The number of fused-ring (bicyclic) bond motifs is 5. The Morgan fingerprint density at radius 1 is 0.362 bits per heavy atom. The molecular formula is C44H29N3. The molecular weight excluding hydrogens is 571 g/mol. The van der Waals surface area contributed by atoms with Crippen molar-refractivity contribution in [2.75, 3.05) is 0 Å². The quantitative estimate of drug-likeness (QED) is 0.197. The lowest BCUT2D eigenvalue weighted by molar-refractivity contribution is 1.05. The fourth-order valence-corrected chi connectivity index (χ4v) is 6.72. The van der Waals surface area contributed by atoms with Crippen LogP contribution < -0.4 is 0 Å². The van der Waals surface area contributed by atoms with Gasteiger partial charge in [-0.25, -0.2) is 9.97 Å². The Bertz CT molecular complexity index is 2480. The van der Waals surface area contributed by atoms with Gasteiger partial charge in [0, 0.05) is 28.0 Å². The molecule has 0 fully saturated rings. The van der Waals surface area contributed by atoms with Crippen molar-refractivity contribution in [3.8, 4) is 50.7 Å². The Morgan fingerprint density at radius 3 is 1.64 bits per heavy atom. The molecule has 0 bridgehead atoms. The highest BCUT2D eigenvalue weighted by Crippen LogP contribution is 2.39. The van der Waals surface area contributed by atoms with Crippen molar-refractivity contribution in [3.05, 3.63) is 176 Å². The van der Waals surface area contributed by atoms with Gasteiger partial charge in [-0.15, -0.1) is 0 Å². The van der Waals surface area contributed by atoms with Gasteiger partial charge in [0.25, 0.3) is 0 Å². The van der Waals surface area contributed by atoms with E-state index in [9.17, 15) is 0 Å². The molecule has 3 nitrogen and oxygen atoms in total. The zero-order valence-electron chi connectivity index (χ0n) is 25.6. The van der Waals surface area contributed by atoms with Crippen LogP contribution in [0.3, 0.4) is 0 Å². The van der Waals surface area contributed by atoms with Gasteiger partial charge in [-0.3, -0.25) is 4.57 Å². The largest absolute Gasteiger partial charge is 0.294 e. The minimum atomic E-state index is 0.704. The zero-order chi connectivity index (χ0) is 31.2. The van der Waals surface area contributed by atoms with Crippen LogP contribution in [0.1, 0.15) is 0 Å². The van der Waals surface area contributed by atoms with Crippen LogP contribution in [0.15, 0.2) is 176 Å². The van der Waals surface area contributed by atoms with E-state index in [1.54, 1.807) is 0 Å². The van der Waals surface area contributed by atoms with Crippen LogP contribution >= 0.6 is 0 Å². The van der Waals surface area contributed by atoms with E-state index >= 15 is 0 Å². The summed E-state index contributed by atoms with van der Waals surface area (Å²) in [5.74, 6) is 1.55. The Hall–Kier alpha value is -6.32. The smallest absolute Gasteiger partial charge is 0.162 e. The Morgan fingerprint density at radius 2 is 0.915 bits per heavy atom. The Labute approximate surface area is 273 Å². The van der Waals surface area contributed by atoms with E-state index in [1.165, 1.54) is 43.8 Å². The highest BCUT2D eigenvalue weighted by Gasteiger charge is 2.18. The SMILES string of the molecule is c1ccc(-c2ccc(-c3ccc4ccc5c(c4c3)c3ccccc3n5-c3cc(-c4ccccc4)nc(-c4ccccc4)n3)cc2)cc1. The number of aromatic nitrogens is 3. The molecule has 0 atom stereocenters. The predicted molar refractivity (Wildman–Crippen MR) is 196 cm³/mol. The summed E-state index contributed by atoms with van der Waals surface area (Å²) < 4.78 is 2.30. The van der Waals surface area contributed by atoms with Crippen LogP contribution in [0.4, 0.5) is 0 Å². The molecule has 2 heterocycles. The second-order valence-electron chi connectivity index (χ2n) is 11.9. The van der Waals surface area contributed by atoms with E-state index in [0.29, 0.717) is 5.82 Å². The van der Waals surface area contributed by atoms with Crippen LogP contribution in [-0.2, 0) is 0 Å². The predicted octanol–water partition coefficient (Wildman–Crippen LogP) is 11.4. The second kappa shape index (κ2) is 11.2. The lowest BCUT2D eigenvalue weighted by Gasteiger charge is -2.12. The van der Waals surface area contributed by atoms with Gasteiger partial charge in [-0.2, -0.15) is 0 Å². The fraction of sp³-hybridized carbons (Fsp3) is 0. The monoisotopic (exact) mass is 599 g/mol. The maximum absolute atomic E-state index is 5.20. The lowest BCUT2D eigenvalue weighted by Crippen LogP contribution is -2.02. The van der Waals surface area contributed by atoms with Gasteiger partial charge in [0.05, 0.1) is 16.7 Å². The van der Waals surface area contributed by atoms with Crippen LogP contribution in [-0.4, -0.2) is 14.5 Å². The van der Waals surface area contributed by atoms with Gasteiger partial charge in [0.15, 0.2) is 5.82 Å². The first-order valence-electron chi connectivity index (χ1n) is 15.9. The van der Waals surface area contributed by atoms with E-state index in [0.717, 1.165) is 33.7 Å². The van der Waals surface area contributed by atoms with Crippen molar-refractivity contribution in [1.29, 1.82) is 0 Å². The van der Waals surface area contributed by atoms with Gasteiger partial charge in [0.2, 0.25) is 0 Å². The van der Waals surface area contributed by atoms with Crippen LogP contribution in [0, 0.1) is 0 Å². The summed E-state index contributed by atoms with van der Waals surface area (Å²) in [5, 5.41) is 4.86. The van der Waals surface area contributed by atoms with E-state index < -0.39 is 0 Å². The van der Waals surface area contributed by atoms with Crippen molar-refractivity contribution >= 4 is 32.6 Å². The summed E-state index contributed by atoms with van der Waals surface area (Å²) in [6.07, 6.45) is 0. The van der Waals surface area contributed by atoms with Crippen molar-refractivity contribution in [1.82, 2.24) is 14.5 Å². The van der Waals surface area contributed by atoms with Crippen LogP contribution in [0.2, 0.25) is 0 Å². The Kier molecular flexibility index (Phi) is 6.46. The first kappa shape index (κ1) is 27.0. The molecule has 0 aliphatic heterocycles. The fourth-order valence-electron chi connectivity index (χ4n) is 6.72. The van der Waals surface area contributed by atoms with Crippen LogP contribution in [0.25, 0.3) is 83.3 Å². The van der Waals surface area contributed by atoms with Crippen molar-refractivity contribution in [2.24, 2.45) is 0 Å². The molecule has 0 N–H and O–H groups in total. The standard InChI is InChI=1S/C44H29N3/c1-4-12-30(13-5-1)31-20-22-32(23-21-31)36-25-24-33-26-27-41-43(38(33)28-36)37-18-10-11-19-40(37)47(41)42-29-39(34-14-6-2-7-15-34)45-44(46-42)35-16-8-3-9-17-35/h1-29H. The molecule has 7 aromatic carbocycles. The van der Waals surface area contributed by atoms with E-state index in [-0.39, 0.29) is 0 Å². The van der Waals surface area contributed by atoms with E-state index in [4.69, 9.17) is 9.97 Å². The highest BCUT2D eigenvalue weighted by molar-refractivity contribution is 6.21.